The third-order valence-electron chi connectivity index (χ3n) is 6.03. The van der Waals surface area contributed by atoms with E-state index in [2.05, 4.69) is 20.9 Å². The quantitative estimate of drug-likeness (QED) is 0.799. The number of nitrogens with one attached hydrogen (secondary N) is 2. The molecule has 0 atom stereocenters. The second-order valence-corrected chi connectivity index (χ2v) is 7.74. The highest BCUT2D eigenvalue weighted by Crippen LogP contribution is 2.40. The van der Waals surface area contributed by atoms with Gasteiger partial charge in [-0.05, 0) is 56.5 Å². The van der Waals surface area contributed by atoms with Gasteiger partial charge < -0.3 is 10.6 Å². The van der Waals surface area contributed by atoms with Crippen LogP contribution in [0.1, 0.15) is 60.6 Å². The molecule has 2 aliphatic rings. The summed E-state index contributed by atoms with van der Waals surface area (Å²) in [7, 11) is 0. The van der Waals surface area contributed by atoms with Gasteiger partial charge in [-0.15, -0.1) is 17.5 Å². The number of rotatable bonds is 5. The molecule has 1 aliphatic carbocycles. The average Bonchev–Trinajstić information content (AvgIpc) is 3.38. The lowest BCUT2D eigenvalue weighted by Gasteiger charge is -2.30. The van der Waals surface area contributed by atoms with Gasteiger partial charge in [-0.3, -0.25) is 4.79 Å². The Hall–Kier alpha value is -1.99. The molecule has 2 aromatic rings. The molecule has 4 rings (SSSR count). The molecule has 2 heterocycles. The van der Waals surface area contributed by atoms with Crippen molar-refractivity contribution in [3.05, 3.63) is 47.5 Å². The summed E-state index contributed by atoms with van der Waals surface area (Å²) in [5, 5.41) is 14.6. The van der Waals surface area contributed by atoms with Crippen molar-refractivity contribution in [3.8, 4) is 0 Å². The normalized spacial score (nSPS) is 19.2. The van der Waals surface area contributed by atoms with E-state index in [-0.39, 0.29) is 29.5 Å². The van der Waals surface area contributed by atoms with E-state index in [1.807, 2.05) is 16.8 Å². The lowest BCUT2D eigenvalue weighted by atomic mass is 9.79. The number of aromatic nitrogens is 3. The highest BCUT2D eigenvalue weighted by atomic mass is 35.5. The van der Waals surface area contributed by atoms with Crippen LogP contribution in [0.2, 0.25) is 0 Å². The van der Waals surface area contributed by atoms with Gasteiger partial charge >= 0.3 is 0 Å². The summed E-state index contributed by atoms with van der Waals surface area (Å²) in [4.78, 5) is 12.6. The number of amides is 1. The van der Waals surface area contributed by atoms with E-state index in [0.29, 0.717) is 18.3 Å². The summed E-state index contributed by atoms with van der Waals surface area (Å²) in [6.45, 7) is 2.47. The van der Waals surface area contributed by atoms with Crippen molar-refractivity contribution in [2.75, 3.05) is 19.6 Å². The summed E-state index contributed by atoms with van der Waals surface area (Å²) in [5.74, 6) is -0.422. The van der Waals surface area contributed by atoms with Crippen molar-refractivity contribution in [2.45, 2.75) is 50.0 Å². The van der Waals surface area contributed by atoms with Gasteiger partial charge in [-0.25, -0.2) is 9.07 Å². The molecule has 6 nitrogen and oxygen atoms in total. The second-order valence-electron chi connectivity index (χ2n) is 7.74. The minimum Gasteiger partial charge on any atom is -0.350 e. The Morgan fingerprint density at radius 2 is 1.89 bits per heavy atom. The standard InChI is InChI=1S/C20H26FN5O.ClH/c21-16-5-3-15(4-6-16)20(9-1-2-10-20)14-23-19(27)18-13-26(25-24-18)17-7-11-22-12-8-17;/h3-6,13,17,22H,1-2,7-12,14H2,(H,23,27);1H. The Balaban J connectivity index is 0.00000225. The molecule has 2 N–H and O–H groups in total. The summed E-state index contributed by atoms with van der Waals surface area (Å²) in [6, 6.07) is 7.00. The molecule has 2 fully saturated rings. The first-order valence-corrected chi connectivity index (χ1v) is 9.83. The van der Waals surface area contributed by atoms with Crippen LogP contribution in [-0.2, 0) is 5.41 Å². The van der Waals surface area contributed by atoms with Gasteiger partial charge in [0.05, 0.1) is 12.2 Å². The van der Waals surface area contributed by atoms with Gasteiger partial charge in [0.25, 0.3) is 5.91 Å². The van der Waals surface area contributed by atoms with Crippen LogP contribution in [0.25, 0.3) is 0 Å². The minimum absolute atomic E-state index is 0. The molecule has 8 heteroatoms. The van der Waals surface area contributed by atoms with E-state index in [4.69, 9.17) is 0 Å². The number of piperidine rings is 1. The van der Waals surface area contributed by atoms with E-state index >= 15 is 0 Å². The third kappa shape index (κ3) is 4.36. The zero-order valence-electron chi connectivity index (χ0n) is 15.9. The lowest BCUT2D eigenvalue weighted by molar-refractivity contribution is 0.0938. The van der Waals surface area contributed by atoms with Gasteiger partial charge in [-0.2, -0.15) is 0 Å². The monoisotopic (exact) mass is 407 g/mol. The van der Waals surface area contributed by atoms with E-state index < -0.39 is 0 Å². The molecule has 0 unspecified atom stereocenters. The number of benzene rings is 1. The molecule has 1 amide bonds. The Labute approximate surface area is 170 Å². The van der Waals surface area contributed by atoms with Gasteiger partial charge in [0.2, 0.25) is 0 Å². The predicted molar refractivity (Wildman–Crippen MR) is 107 cm³/mol. The number of carbonyl (C=O) groups excluding carboxylic acids is 1. The Morgan fingerprint density at radius 1 is 1.21 bits per heavy atom. The van der Waals surface area contributed by atoms with E-state index in [9.17, 15) is 9.18 Å². The Morgan fingerprint density at radius 3 is 2.57 bits per heavy atom. The first kappa shape index (κ1) is 20.7. The third-order valence-corrected chi connectivity index (χ3v) is 6.03. The summed E-state index contributed by atoms with van der Waals surface area (Å²) in [5.41, 5.74) is 1.34. The van der Waals surface area contributed by atoms with E-state index in [1.54, 1.807) is 6.20 Å². The smallest absolute Gasteiger partial charge is 0.273 e. The van der Waals surface area contributed by atoms with Crippen LogP contribution in [0, 0.1) is 5.82 Å². The average molecular weight is 408 g/mol. The fourth-order valence-electron chi connectivity index (χ4n) is 4.39. The van der Waals surface area contributed by atoms with Crippen LogP contribution < -0.4 is 10.6 Å². The van der Waals surface area contributed by atoms with Crippen LogP contribution in [0.3, 0.4) is 0 Å². The number of nitrogens with zero attached hydrogens (tertiary/aromatic N) is 3. The molecule has 1 saturated heterocycles. The number of hydrogen-bond donors (Lipinski definition) is 2. The minimum atomic E-state index is -0.231. The van der Waals surface area contributed by atoms with Crippen LogP contribution >= 0.6 is 12.4 Å². The Bertz CT molecular complexity index is 782. The van der Waals surface area contributed by atoms with Gasteiger partial charge in [0.1, 0.15) is 5.82 Å². The molecule has 152 valence electrons. The maximum absolute atomic E-state index is 13.3. The van der Waals surface area contributed by atoms with Gasteiger partial charge in [0, 0.05) is 12.0 Å². The molecule has 1 aliphatic heterocycles. The molecule has 1 aromatic carbocycles. The topological polar surface area (TPSA) is 71.8 Å². The first-order valence-electron chi connectivity index (χ1n) is 9.83. The highest BCUT2D eigenvalue weighted by Gasteiger charge is 2.36. The fraction of sp³-hybridized carbons (Fsp3) is 0.550. The fourth-order valence-corrected chi connectivity index (χ4v) is 4.39. The molecule has 0 spiro atoms. The summed E-state index contributed by atoms with van der Waals surface area (Å²) < 4.78 is 15.1. The molecule has 0 radical (unpaired) electrons. The lowest BCUT2D eigenvalue weighted by Crippen LogP contribution is -2.39. The Kier molecular flexibility index (Phi) is 6.67. The maximum Gasteiger partial charge on any atom is 0.273 e. The zero-order valence-corrected chi connectivity index (χ0v) is 16.7. The number of halogens is 2. The van der Waals surface area contributed by atoms with Crippen molar-refractivity contribution in [1.82, 2.24) is 25.6 Å². The van der Waals surface area contributed by atoms with Crippen LogP contribution in [-0.4, -0.2) is 40.5 Å². The summed E-state index contributed by atoms with van der Waals surface area (Å²) in [6.07, 6.45) is 8.00. The molecule has 1 aromatic heterocycles. The number of carbonyl (C=O) groups is 1. The second kappa shape index (κ2) is 9.01. The molecule has 28 heavy (non-hydrogen) atoms. The van der Waals surface area contributed by atoms with Crippen molar-refractivity contribution < 1.29 is 9.18 Å². The van der Waals surface area contributed by atoms with Gasteiger partial charge in [0.15, 0.2) is 5.69 Å². The van der Waals surface area contributed by atoms with Crippen LogP contribution in [0.4, 0.5) is 4.39 Å². The SMILES string of the molecule is Cl.O=C(NCC1(c2ccc(F)cc2)CCCC1)c1cn(C2CCNCC2)nn1. The van der Waals surface area contributed by atoms with Crippen molar-refractivity contribution in [1.29, 1.82) is 0 Å². The maximum atomic E-state index is 13.3. The molecule has 0 bridgehead atoms. The largest absolute Gasteiger partial charge is 0.350 e. The highest BCUT2D eigenvalue weighted by molar-refractivity contribution is 5.91. The molecular weight excluding hydrogens is 381 g/mol. The van der Waals surface area contributed by atoms with E-state index in [1.165, 1.54) is 12.1 Å². The van der Waals surface area contributed by atoms with Crippen LogP contribution in [0.15, 0.2) is 30.5 Å². The summed E-state index contributed by atoms with van der Waals surface area (Å²) >= 11 is 0. The van der Waals surface area contributed by atoms with Gasteiger partial charge in [-0.1, -0.05) is 30.2 Å². The van der Waals surface area contributed by atoms with Crippen molar-refractivity contribution in [3.63, 3.8) is 0 Å². The zero-order chi connectivity index (χ0) is 18.7. The van der Waals surface area contributed by atoms with Crippen LogP contribution in [0.5, 0.6) is 0 Å². The number of hydrogen-bond acceptors (Lipinski definition) is 4. The van der Waals surface area contributed by atoms with Crippen molar-refractivity contribution in [2.24, 2.45) is 0 Å². The van der Waals surface area contributed by atoms with E-state index in [0.717, 1.165) is 57.2 Å². The molecular formula is C20H27ClFN5O. The van der Waals surface area contributed by atoms with Crippen molar-refractivity contribution >= 4 is 18.3 Å². The predicted octanol–water partition coefficient (Wildman–Crippen LogP) is 3.01. The first-order chi connectivity index (χ1) is 13.2. The molecule has 1 saturated carbocycles.